The van der Waals surface area contributed by atoms with Crippen molar-refractivity contribution in [1.82, 2.24) is 4.57 Å². The van der Waals surface area contributed by atoms with E-state index in [1.54, 1.807) is 0 Å². The molecule has 0 unspecified atom stereocenters. The number of nitrogens with zero attached hydrogens (tertiary/aromatic N) is 2. The first-order chi connectivity index (χ1) is 31.3. The fourth-order valence-electron chi connectivity index (χ4n) is 10.3. The number of hydrogen-bond donors (Lipinski definition) is 0. The van der Waals surface area contributed by atoms with Gasteiger partial charge in [-0.3, -0.25) is 0 Å². The molecular weight excluding hydrogens is 761 g/mol. The predicted octanol–water partition coefficient (Wildman–Crippen LogP) is 16.0. The van der Waals surface area contributed by atoms with E-state index >= 15 is 0 Å². The molecule has 0 radical (unpaired) electrons. The Hall–Kier alpha value is -8.20. The third-order valence-corrected chi connectivity index (χ3v) is 13.1. The summed E-state index contributed by atoms with van der Waals surface area (Å²) in [6, 6.07) is 93.2. The molecule has 1 aliphatic carbocycles. The largest absolute Gasteiger partial charge is 0.310 e. The van der Waals surface area contributed by atoms with Crippen molar-refractivity contribution in [3.05, 3.63) is 277 Å². The lowest BCUT2D eigenvalue weighted by Crippen LogP contribution is -2.28. The van der Waals surface area contributed by atoms with E-state index in [2.05, 4.69) is 264 Å². The van der Waals surface area contributed by atoms with Crippen LogP contribution in [-0.4, -0.2) is 4.57 Å². The molecule has 0 bridgehead atoms. The van der Waals surface area contributed by atoms with E-state index in [9.17, 15) is 0 Å². The highest BCUT2D eigenvalue weighted by Gasteiger charge is 2.46. The first-order valence-electron chi connectivity index (χ1n) is 21.8. The number of anilines is 3. The lowest BCUT2D eigenvalue weighted by molar-refractivity contribution is 0.768. The molecular formula is C61H42N2. The summed E-state index contributed by atoms with van der Waals surface area (Å²) in [7, 11) is 0. The average Bonchev–Trinajstić information content (AvgIpc) is 3.86. The average molecular weight is 803 g/mol. The highest BCUT2D eigenvalue weighted by Crippen LogP contribution is 2.56. The van der Waals surface area contributed by atoms with Crippen molar-refractivity contribution < 1.29 is 0 Å². The number of benzene rings is 10. The Bertz CT molecular complexity index is 3340. The normalized spacial score (nSPS) is 12.6. The summed E-state index contributed by atoms with van der Waals surface area (Å²) in [5.41, 5.74) is 18.7. The van der Waals surface area contributed by atoms with E-state index in [0.717, 1.165) is 22.7 Å². The van der Waals surface area contributed by atoms with Crippen LogP contribution < -0.4 is 4.90 Å². The van der Waals surface area contributed by atoms with E-state index in [1.165, 1.54) is 77.4 Å². The molecule has 0 saturated carbocycles. The van der Waals surface area contributed by atoms with E-state index in [0.29, 0.717) is 0 Å². The van der Waals surface area contributed by atoms with Crippen molar-refractivity contribution in [3.8, 4) is 39.1 Å². The minimum atomic E-state index is -0.503. The number of fused-ring (bicyclic) bond motifs is 6. The van der Waals surface area contributed by atoms with Gasteiger partial charge in [0.1, 0.15) is 0 Å². The van der Waals surface area contributed by atoms with Crippen LogP contribution in [0.1, 0.15) is 22.3 Å². The van der Waals surface area contributed by atoms with Gasteiger partial charge in [0.25, 0.3) is 0 Å². The number of aromatic nitrogens is 1. The maximum Gasteiger partial charge on any atom is 0.0714 e. The maximum atomic E-state index is 2.42. The second kappa shape index (κ2) is 15.1. The summed E-state index contributed by atoms with van der Waals surface area (Å²) >= 11 is 0. The molecule has 1 aliphatic rings. The third kappa shape index (κ3) is 5.95. The predicted molar refractivity (Wildman–Crippen MR) is 264 cm³/mol. The van der Waals surface area contributed by atoms with Crippen LogP contribution in [0.5, 0.6) is 0 Å². The Morgan fingerprint density at radius 2 is 0.762 bits per heavy atom. The summed E-state index contributed by atoms with van der Waals surface area (Å²) in [6.45, 7) is 0. The van der Waals surface area contributed by atoms with E-state index in [4.69, 9.17) is 0 Å². The molecule has 12 rings (SSSR count). The minimum absolute atomic E-state index is 0.503. The Labute approximate surface area is 368 Å². The van der Waals surface area contributed by atoms with Gasteiger partial charge in [-0.1, -0.05) is 194 Å². The van der Waals surface area contributed by atoms with Crippen LogP contribution in [0.15, 0.2) is 255 Å². The van der Waals surface area contributed by atoms with Gasteiger partial charge in [0.2, 0.25) is 0 Å². The third-order valence-electron chi connectivity index (χ3n) is 13.1. The molecule has 2 heteroatoms. The van der Waals surface area contributed by atoms with Gasteiger partial charge < -0.3 is 9.47 Å². The molecule has 11 aromatic rings. The van der Waals surface area contributed by atoms with Crippen molar-refractivity contribution >= 4 is 38.9 Å². The van der Waals surface area contributed by atoms with E-state index < -0.39 is 5.41 Å². The lowest BCUT2D eigenvalue weighted by atomic mass is 9.67. The first kappa shape index (κ1) is 36.6. The van der Waals surface area contributed by atoms with Gasteiger partial charge in [0, 0.05) is 33.5 Å². The molecule has 10 aromatic carbocycles. The van der Waals surface area contributed by atoms with Crippen molar-refractivity contribution in [2.24, 2.45) is 0 Å². The highest BCUT2D eigenvalue weighted by molar-refractivity contribution is 6.09. The second-order valence-electron chi connectivity index (χ2n) is 16.5. The van der Waals surface area contributed by atoms with Gasteiger partial charge >= 0.3 is 0 Å². The van der Waals surface area contributed by atoms with Crippen LogP contribution in [0, 0.1) is 0 Å². The quantitative estimate of drug-likeness (QED) is 0.149. The maximum absolute atomic E-state index is 2.42. The Kier molecular flexibility index (Phi) is 8.76. The SMILES string of the molecule is c1ccc(-c2cccc(N(c3ccc(-c4ccc(-n5c6ccccc6c6ccccc65)cc4)cc3)c3cccc(C4(c5ccccc5)c5ccccc5-c5ccccc54)c3)c2)cc1. The summed E-state index contributed by atoms with van der Waals surface area (Å²) in [5, 5.41) is 2.54. The standard InChI is InChI=1S/C61H42N2/c1-3-17-43(18-4-1)46-19-15-23-51(41-46)62(49-37-33-44(34-38-49)45-35-39-50(40-36-45)63-59-31-13-9-27-55(59)56-28-10-14-32-60(56)63)52-24-16-22-48(42-52)61(47-20-5-2-6-21-47)57-29-11-7-25-53(57)54-26-8-12-30-58(54)61/h1-42H. The second-order valence-corrected chi connectivity index (χ2v) is 16.5. The van der Waals surface area contributed by atoms with Crippen LogP contribution in [-0.2, 0) is 5.41 Å². The molecule has 0 N–H and O–H groups in total. The van der Waals surface area contributed by atoms with Crippen molar-refractivity contribution in [2.75, 3.05) is 4.90 Å². The van der Waals surface area contributed by atoms with Crippen LogP contribution >= 0.6 is 0 Å². The summed E-state index contributed by atoms with van der Waals surface area (Å²) in [4.78, 5) is 2.41. The van der Waals surface area contributed by atoms with E-state index in [-0.39, 0.29) is 0 Å². The zero-order valence-electron chi connectivity index (χ0n) is 34.6. The summed E-state index contributed by atoms with van der Waals surface area (Å²) in [6.07, 6.45) is 0. The fraction of sp³-hybridized carbons (Fsp3) is 0.0164. The molecule has 63 heavy (non-hydrogen) atoms. The topological polar surface area (TPSA) is 8.17 Å². The Morgan fingerprint density at radius 3 is 1.40 bits per heavy atom. The smallest absolute Gasteiger partial charge is 0.0714 e. The summed E-state index contributed by atoms with van der Waals surface area (Å²) in [5.74, 6) is 0. The molecule has 0 saturated heterocycles. The zero-order valence-corrected chi connectivity index (χ0v) is 34.6. The first-order valence-corrected chi connectivity index (χ1v) is 21.8. The van der Waals surface area contributed by atoms with Crippen LogP contribution in [0.25, 0.3) is 60.9 Å². The van der Waals surface area contributed by atoms with Gasteiger partial charge in [0.05, 0.1) is 16.4 Å². The number of rotatable bonds is 8. The van der Waals surface area contributed by atoms with Gasteiger partial charge in [-0.2, -0.15) is 0 Å². The molecule has 1 aromatic heterocycles. The fourth-order valence-corrected chi connectivity index (χ4v) is 10.3. The minimum Gasteiger partial charge on any atom is -0.310 e. The molecule has 296 valence electrons. The molecule has 0 spiro atoms. The van der Waals surface area contributed by atoms with Crippen molar-refractivity contribution in [3.63, 3.8) is 0 Å². The Balaban J connectivity index is 0.983. The molecule has 1 heterocycles. The van der Waals surface area contributed by atoms with E-state index in [1.807, 2.05) is 0 Å². The van der Waals surface area contributed by atoms with Crippen LogP contribution in [0.2, 0.25) is 0 Å². The van der Waals surface area contributed by atoms with Crippen LogP contribution in [0.3, 0.4) is 0 Å². The Morgan fingerprint density at radius 1 is 0.302 bits per heavy atom. The zero-order chi connectivity index (χ0) is 41.7. The number of para-hydroxylation sites is 2. The highest BCUT2D eigenvalue weighted by atomic mass is 15.1. The monoisotopic (exact) mass is 802 g/mol. The number of hydrogen-bond acceptors (Lipinski definition) is 1. The molecule has 0 fully saturated rings. The van der Waals surface area contributed by atoms with Gasteiger partial charge in [-0.15, -0.1) is 0 Å². The molecule has 2 nitrogen and oxygen atoms in total. The van der Waals surface area contributed by atoms with Crippen LogP contribution in [0.4, 0.5) is 17.1 Å². The molecule has 0 amide bonds. The van der Waals surface area contributed by atoms with Gasteiger partial charge in [-0.25, -0.2) is 0 Å². The molecule has 0 atom stereocenters. The lowest BCUT2D eigenvalue weighted by Gasteiger charge is -2.35. The summed E-state index contributed by atoms with van der Waals surface area (Å²) < 4.78 is 2.37. The van der Waals surface area contributed by atoms with Crippen molar-refractivity contribution in [2.45, 2.75) is 5.41 Å². The van der Waals surface area contributed by atoms with Crippen molar-refractivity contribution in [1.29, 1.82) is 0 Å². The van der Waals surface area contributed by atoms with Gasteiger partial charge in [-0.05, 0) is 116 Å². The van der Waals surface area contributed by atoms with Gasteiger partial charge in [0.15, 0.2) is 0 Å². The molecule has 0 aliphatic heterocycles.